The summed E-state index contributed by atoms with van der Waals surface area (Å²) in [4.78, 5) is 12.5. The molecule has 0 spiro atoms. The molecule has 0 saturated heterocycles. The van der Waals surface area contributed by atoms with Crippen LogP contribution < -0.4 is 5.32 Å². The van der Waals surface area contributed by atoms with Gasteiger partial charge in [-0.05, 0) is 51.4 Å². The molecule has 0 aromatic heterocycles. The van der Waals surface area contributed by atoms with Crippen LogP contribution in [0.5, 0.6) is 0 Å². The van der Waals surface area contributed by atoms with Crippen LogP contribution in [0.25, 0.3) is 0 Å². The number of nitrogens with one attached hydrogen (secondary N) is 1. The molecule has 0 radical (unpaired) electrons. The molecule has 0 aliphatic carbocycles. The predicted octanol–water partition coefficient (Wildman–Crippen LogP) is 18.8. The van der Waals surface area contributed by atoms with E-state index in [-0.39, 0.29) is 12.5 Å². The zero-order chi connectivity index (χ0) is 47.9. The number of unbranched alkanes of at least 4 members (excludes halogenated alkanes) is 44. The Hall–Kier alpha value is -1.17. The van der Waals surface area contributed by atoms with Crippen molar-refractivity contribution in [1.82, 2.24) is 5.32 Å². The smallest absolute Gasteiger partial charge is 0.220 e. The Morgan fingerprint density at radius 3 is 0.924 bits per heavy atom. The molecule has 0 saturated carbocycles. The molecule has 3 unspecified atom stereocenters. The lowest BCUT2D eigenvalue weighted by Crippen LogP contribution is -2.50. The Labute approximate surface area is 413 Å². The molecule has 0 aromatic rings. The largest absolute Gasteiger partial charge is 0.394 e. The van der Waals surface area contributed by atoms with Crippen LogP contribution in [-0.2, 0) is 4.79 Å². The summed E-state index contributed by atoms with van der Waals surface area (Å²) in [5.74, 6) is -0.152. The van der Waals surface area contributed by atoms with Gasteiger partial charge < -0.3 is 20.6 Å². The van der Waals surface area contributed by atoms with Gasteiger partial charge in [0.05, 0.1) is 18.8 Å². The SMILES string of the molecule is CCCCCCCC/C=C/CC/C=C/CCCC(O)C(O)C(CO)NC(=O)CCCCCCCCCCCCCCCCCCCCCCCCCCCCCCCCCCCCCCC. The van der Waals surface area contributed by atoms with Crippen LogP contribution in [-0.4, -0.2) is 46.1 Å². The van der Waals surface area contributed by atoms with Crippen molar-refractivity contribution in [1.29, 1.82) is 0 Å². The van der Waals surface area contributed by atoms with Crippen molar-refractivity contribution < 1.29 is 20.1 Å². The van der Waals surface area contributed by atoms with Crippen LogP contribution in [0.3, 0.4) is 0 Å². The Morgan fingerprint density at radius 2 is 0.621 bits per heavy atom. The molecular formula is C61H119NO4. The van der Waals surface area contributed by atoms with Crippen LogP contribution in [0.2, 0.25) is 0 Å². The van der Waals surface area contributed by atoms with E-state index in [0.717, 1.165) is 44.9 Å². The minimum Gasteiger partial charge on any atom is -0.394 e. The van der Waals surface area contributed by atoms with E-state index >= 15 is 0 Å². The summed E-state index contributed by atoms with van der Waals surface area (Å²) in [6.07, 6.45) is 72.3. The molecule has 3 atom stereocenters. The maximum atomic E-state index is 12.5. The van der Waals surface area contributed by atoms with Crippen molar-refractivity contribution in [3.05, 3.63) is 24.3 Å². The molecule has 0 rings (SSSR count). The standard InChI is InChI=1S/C61H119NO4/c1-3-5-7-9-11-13-15-17-19-20-21-22-23-24-25-26-27-28-29-30-31-32-33-34-35-36-37-38-39-40-42-44-46-48-50-52-54-56-60(65)62-58(57-63)61(66)59(64)55-53-51-49-47-45-43-41-18-16-14-12-10-8-6-4-2/h18,41,47,49,58-59,61,63-64,66H,3-17,19-40,42-46,48,50-57H2,1-2H3,(H,62,65)/b41-18+,49-47+. The highest BCUT2D eigenvalue weighted by atomic mass is 16.3. The van der Waals surface area contributed by atoms with Crippen LogP contribution >= 0.6 is 0 Å². The molecule has 0 aliphatic heterocycles. The number of hydrogen-bond donors (Lipinski definition) is 4. The topological polar surface area (TPSA) is 89.8 Å². The summed E-state index contributed by atoms with van der Waals surface area (Å²) in [7, 11) is 0. The van der Waals surface area contributed by atoms with Gasteiger partial charge in [0.15, 0.2) is 0 Å². The highest BCUT2D eigenvalue weighted by molar-refractivity contribution is 5.76. The predicted molar refractivity (Wildman–Crippen MR) is 292 cm³/mol. The monoisotopic (exact) mass is 930 g/mol. The Balaban J connectivity index is 3.44. The van der Waals surface area contributed by atoms with Gasteiger partial charge in [-0.1, -0.05) is 301 Å². The van der Waals surface area contributed by atoms with E-state index in [1.807, 2.05) is 0 Å². The van der Waals surface area contributed by atoms with Crippen molar-refractivity contribution in [2.24, 2.45) is 0 Å². The molecule has 0 aromatic carbocycles. The van der Waals surface area contributed by atoms with E-state index in [2.05, 4.69) is 43.5 Å². The lowest BCUT2D eigenvalue weighted by Gasteiger charge is -2.26. The number of aliphatic hydroxyl groups is 3. The number of allylic oxidation sites excluding steroid dienone is 4. The van der Waals surface area contributed by atoms with E-state index in [1.54, 1.807) is 0 Å². The molecule has 0 bridgehead atoms. The van der Waals surface area contributed by atoms with Gasteiger partial charge in [0.2, 0.25) is 5.91 Å². The summed E-state index contributed by atoms with van der Waals surface area (Å²) >= 11 is 0. The average molecular weight is 931 g/mol. The number of rotatable bonds is 56. The van der Waals surface area contributed by atoms with Gasteiger partial charge in [0.25, 0.3) is 0 Å². The van der Waals surface area contributed by atoms with Crippen molar-refractivity contribution in [2.75, 3.05) is 6.61 Å². The quantitative estimate of drug-likeness (QED) is 0.0361. The first-order valence-electron chi connectivity index (χ1n) is 30.1. The van der Waals surface area contributed by atoms with Crippen molar-refractivity contribution in [3.63, 3.8) is 0 Å². The third-order valence-corrected chi connectivity index (χ3v) is 14.3. The maximum Gasteiger partial charge on any atom is 0.220 e. The lowest BCUT2D eigenvalue weighted by atomic mass is 10.0. The Morgan fingerprint density at radius 1 is 0.364 bits per heavy atom. The first-order chi connectivity index (χ1) is 32.6. The summed E-state index contributed by atoms with van der Waals surface area (Å²) in [6, 6.07) is -0.830. The average Bonchev–Trinajstić information content (AvgIpc) is 3.32. The van der Waals surface area contributed by atoms with Gasteiger partial charge in [-0.15, -0.1) is 0 Å². The van der Waals surface area contributed by atoms with E-state index in [4.69, 9.17) is 0 Å². The summed E-state index contributed by atoms with van der Waals surface area (Å²) in [5, 5.41) is 33.7. The normalized spacial score (nSPS) is 13.3. The van der Waals surface area contributed by atoms with Gasteiger partial charge in [-0.2, -0.15) is 0 Å². The van der Waals surface area contributed by atoms with Crippen LogP contribution in [0.1, 0.15) is 335 Å². The highest BCUT2D eigenvalue weighted by Gasteiger charge is 2.26. The molecule has 4 N–H and O–H groups in total. The van der Waals surface area contributed by atoms with Gasteiger partial charge in [-0.25, -0.2) is 0 Å². The Bertz CT molecular complexity index is 982. The van der Waals surface area contributed by atoms with E-state index in [0.29, 0.717) is 12.8 Å². The van der Waals surface area contributed by atoms with Gasteiger partial charge >= 0.3 is 0 Å². The third-order valence-electron chi connectivity index (χ3n) is 14.3. The molecule has 0 aliphatic rings. The molecule has 0 fully saturated rings. The van der Waals surface area contributed by atoms with Crippen molar-refractivity contribution >= 4 is 5.91 Å². The van der Waals surface area contributed by atoms with Crippen LogP contribution in [0.15, 0.2) is 24.3 Å². The van der Waals surface area contributed by atoms with Gasteiger partial charge in [0, 0.05) is 6.42 Å². The van der Waals surface area contributed by atoms with E-state index in [9.17, 15) is 20.1 Å². The summed E-state index contributed by atoms with van der Waals surface area (Å²) in [5.41, 5.74) is 0. The van der Waals surface area contributed by atoms with Gasteiger partial charge in [0.1, 0.15) is 6.10 Å². The van der Waals surface area contributed by atoms with Crippen molar-refractivity contribution in [3.8, 4) is 0 Å². The second-order valence-electron chi connectivity index (χ2n) is 20.9. The number of hydrogen-bond acceptors (Lipinski definition) is 4. The second kappa shape index (κ2) is 56.4. The molecule has 66 heavy (non-hydrogen) atoms. The number of amides is 1. The third kappa shape index (κ3) is 50.7. The number of carbonyl (C=O) groups excluding carboxylic acids is 1. The number of carbonyl (C=O) groups is 1. The minimum absolute atomic E-state index is 0.152. The van der Waals surface area contributed by atoms with E-state index in [1.165, 1.54) is 263 Å². The minimum atomic E-state index is -1.16. The van der Waals surface area contributed by atoms with Crippen LogP contribution in [0, 0.1) is 0 Å². The zero-order valence-corrected chi connectivity index (χ0v) is 44.9. The molecule has 0 heterocycles. The fourth-order valence-electron chi connectivity index (χ4n) is 9.65. The van der Waals surface area contributed by atoms with Crippen molar-refractivity contribution in [2.45, 2.75) is 353 Å². The summed E-state index contributed by atoms with van der Waals surface area (Å²) in [6.45, 7) is 4.18. The molecule has 392 valence electrons. The molecule has 5 nitrogen and oxygen atoms in total. The first-order valence-corrected chi connectivity index (χ1v) is 30.1. The zero-order valence-electron chi connectivity index (χ0n) is 44.9. The lowest BCUT2D eigenvalue weighted by molar-refractivity contribution is -0.124. The second-order valence-corrected chi connectivity index (χ2v) is 20.9. The number of aliphatic hydroxyl groups excluding tert-OH is 3. The van der Waals surface area contributed by atoms with Crippen LogP contribution in [0.4, 0.5) is 0 Å². The summed E-state index contributed by atoms with van der Waals surface area (Å²) < 4.78 is 0. The molecular weight excluding hydrogens is 811 g/mol. The first kappa shape index (κ1) is 64.8. The maximum absolute atomic E-state index is 12.5. The Kier molecular flexibility index (Phi) is 55.4. The fourth-order valence-corrected chi connectivity index (χ4v) is 9.65. The molecule has 1 amide bonds. The fraction of sp³-hybridized carbons (Fsp3) is 0.918. The molecule has 5 heteroatoms. The van der Waals surface area contributed by atoms with Gasteiger partial charge in [-0.3, -0.25) is 4.79 Å². The van der Waals surface area contributed by atoms with E-state index < -0.39 is 18.2 Å². The highest BCUT2D eigenvalue weighted by Crippen LogP contribution is 2.18.